The maximum atomic E-state index is 13.2. The van der Waals surface area contributed by atoms with E-state index in [0.717, 1.165) is 30.4 Å². The zero-order valence-corrected chi connectivity index (χ0v) is 20.4. The number of hydrogen-bond donors (Lipinski definition) is 2. The highest BCUT2D eigenvalue weighted by atomic mass is 16.5. The highest BCUT2D eigenvalue weighted by Crippen LogP contribution is 2.44. The van der Waals surface area contributed by atoms with Crippen LogP contribution in [0.4, 0.5) is 4.79 Å². The number of nitrogens with zero attached hydrogens (tertiary/aromatic N) is 1. The number of hydrogen-bond acceptors (Lipinski definition) is 4. The van der Waals surface area contributed by atoms with Crippen molar-refractivity contribution >= 4 is 18.0 Å². The second-order valence-corrected chi connectivity index (χ2v) is 9.81. The molecule has 2 amide bonds. The lowest BCUT2D eigenvalue weighted by molar-refractivity contribution is -0.149. The molecule has 0 aliphatic heterocycles. The van der Waals surface area contributed by atoms with Gasteiger partial charge in [0.15, 0.2) is 0 Å². The summed E-state index contributed by atoms with van der Waals surface area (Å²) in [6.07, 6.45) is 2.95. The lowest BCUT2D eigenvalue weighted by Gasteiger charge is -2.36. The third-order valence-corrected chi connectivity index (χ3v) is 7.29. The average Bonchev–Trinajstić information content (AvgIpc) is 3.18. The summed E-state index contributed by atoms with van der Waals surface area (Å²) in [4.78, 5) is 38.5. The van der Waals surface area contributed by atoms with Crippen LogP contribution in [0.1, 0.15) is 56.6 Å². The number of carbonyl (C=O) groups excluding carboxylic acids is 2. The normalized spacial score (nSPS) is 19.1. The smallest absolute Gasteiger partial charge is 0.407 e. The number of amides is 2. The molecule has 1 saturated carbocycles. The van der Waals surface area contributed by atoms with E-state index in [1.807, 2.05) is 38.1 Å². The van der Waals surface area contributed by atoms with E-state index in [9.17, 15) is 19.5 Å². The van der Waals surface area contributed by atoms with Crippen LogP contribution in [0.5, 0.6) is 0 Å². The molecule has 0 saturated heterocycles. The molecule has 186 valence electrons. The fourth-order valence-electron chi connectivity index (χ4n) is 5.51. The first-order chi connectivity index (χ1) is 16.9. The molecule has 0 spiro atoms. The predicted molar refractivity (Wildman–Crippen MR) is 133 cm³/mol. The van der Waals surface area contributed by atoms with Gasteiger partial charge in [0, 0.05) is 24.4 Å². The molecule has 0 aromatic heterocycles. The number of ether oxygens (including phenoxy) is 1. The lowest BCUT2D eigenvalue weighted by atomic mass is 9.78. The fraction of sp³-hybridized carbons (Fsp3) is 0.464. The van der Waals surface area contributed by atoms with E-state index in [1.54, 1.807) is 0 Å². The summed E-state index contributed by atoms with van der Waals surface area (Å²) >= 11 is 0. The second kappa shape index (κ2) is 10.9. The second-order valence-electron chi connectivity index (χ2n) is 9.81. The van der Waals surface area contributed by atoms with Gasteiger partial charge in [-0.2, -0.15) is 0 Å². The van der Waals surface area contributed by atoms with E-state index >= 15 is 0 Å². The van der Waals surface area contributed by atoms with Gasteiger partial charge < -0.3 is 20.1 Å². The summed E-state index contributed by atoms with van der Waals surface area (Å²) in [6, 6.07) is 16.2. The summed E-state index contributed by atoms with van der Waals surface area (Å²) in [5, 5.41) is 12.1. The molecule has 4 rings (SSSR count). The maximum Gasteiger partial charge on any atom is 0.407 e. The van der Waals surface area contributed by atoms with E-state index < -0.39 is 12.1 Å². The van der Waals surface area contributed by atoms with Crippen LogP contribution in [0.25, 0.3) is 11.1 Å². The molecule has 2 N–H and O–H groups in total. The Bertz CT molecular complexity index is 1040. The molecule has 2 aromatic carbocycles. The van der Waals surface area contributed by atoms with Crippen molar-refractivity contribution in [3.8, 4) is 11.1 Å². The van der Waals surface area contributed by atoms with Gasteiger partial charge in [-0.3, -0.25) is 9.59 Å². The number of rotatable bonds is 8. The van der Waals surface area contributed by atoms with Gasteiger partial charge in [-0.05, 0) is 54.9 Å². The number of fused-ring (bicyclic) bond motifs is 3. The summed E-state index contributed by atoms with van der Waals surface area (Å²) in [5.74, 6) is -1.49. The van der Waals surface area contributed by atoms with E-state index in [-0.39, 0.29) is 42.9 Å². The van der Waals surface area contributed by atoms with Crippen LogP contribution < -0.4 is 5.32 Å². The molecule has 2 aromatic rings. The van der Waals surface area contributed by atoms with E-state index in [0.29, 0.717) is 13.0 Å². The van der Waals surface area contributed by atoms with Crippen LogP contribution in [0.15, 0.2) is 48.5 Å². The van der Waals surface area contributed by atoms with Crippen molar-refractivity contribution < 1.29 is 24.2 Å². The Labute approximate surface area is 206 Å². The minimum atomic E-state index is -1.02. The van der Waals surface area contributed by atoms with Gasteiger partial charge >= 0.3 is 12.1 Å². The maximum absolute atomic E-state index is 13.2. The molecule has 7 nitrogen and oxygen atoms in total. The largest absolute Gasteiger partial charge is 0.480 e. The van der Waals surface area contributed by atoms with Gasteiger partial charge in [0.2, 0.25) is 5.91 Å². The van der Waals surface area contributed by atoms with Crippen molar-refractivity contribution in [2.75, 3.05) is 19.7 Å². The first-order valence-corrected chi connectivity index (χ1v) is 12.5. The van der Waals surface area contributed by atoms with Crippen LogP contribution in [-0.2, 0) is 14.3 Å². The SMILES string of the molecule is CC(C)N(CC(=O)O)C(=O)C1CCCCC1CNC(=O)OCC1c2ccccc2-c2ccccc21. The van der Waals surface area contributed by atoms with E-state index in [2.05, 4.69) is 29.6 Å². The number of nitrogens with one attached hydrogen (secondary N) is 1. The highest BCUT2D eigenvalue weighted by Gasteiger charge is 2.35. The molecule has 2 aliphatic carbocycles. The summed E-state index contributed by atoms with van der Waals surface area (Å²) < 4.78 is 5.64. The van der Waals surface area contributed by atoms with Crippen LogP contribution in [0.2, 0.25) is 0 Å². The molecule has 7 heteroatoms. The number of aliphatic carboxylic acids is 1. The van der Waals surface area contributed by atoms with Gasteiger partial charge in [0.25, 0.3) is 0 Å². The monoisotopic (exact) mass is 478 g/mol. The Morgan fingerprint density at radius 2 is 1.60 bits per heavy atom. The van der Waals surface area contributed by atoms with Crippen LogP contribution in [0.3, 0.4) is 0 Å². The van der Waals surface area contributed by atoms with Gasteiger partial charge in [0.1, 0.15) is 13.2 Å². The van der Waals surface area contributed by atoms with Crippen molar-refractivity contribution in [1.82, 2.24) is 10.2 Å². The molecule has 35 heavy (non-hydrogen) atoms. The zero-order valence-electron chi connectivity index (χ0n) is 20.4. The van der Waals surface area contributed by atoms with Crippen molar-refractivity contribution in [1.29, 1.82) is 0 Å². The number of carboxylic acid groups (broad SMARTS) is 1. The summed E-state index contributed by atoms with van der Waals surface area (Å²) in [5.41, 5.74) is 4.67. The first kappa shape index (κ1) is 24.8. The Kier molecular flexibility index (Phi) is 7.73. The third kappa shape index (κ3) is 5.50. The van der Waals surface area contributed by atoms with Crippen LogP contribution in [0, 0.1) is 11.8 Å². The molecule has 0 bridgehead atoms. The summed E-state index contributed by atoms with van der Waals surface area (Å²) in [6.45, 7) is 3.93. The van der Waals surface area contributed by atoms with Crippen molar-refractivity contribution in [2.45, 2.75) is 51.5 Å². The molecule has 0 heterocycles. The van der Waals surface area contributed by atoms with Gasteiger partial charge in [-0.15, -0.1) is 0 Å². The predicted octanol–water partition coefficient (Wildman–Crippen LogP) is 4.65. The van der Waals surface area contributed by atoms with E-state index in [4.69, 9.17) is 4.74 Å². The van der Waals surface area contributed by atoms with Crippen LogP contribution >= 0.6 is 0 Å². The zero-order chi connectivity index (χ0) is 24.9. The molecule has 1 fully saturated rings. The quantitative estimate of drug-likeness (QED) is 0.576. The Balaban J connectivity index is 1.36. The van der Waals surface area contributed by atoms with Gasteiger partial charge in [-0.25, -0.2) is 4.79 Å². The van der Waals surface area contributed by atoms with Crippen LogP contribution in [-0.4, -0.2) is 53.7 Å². The van der Waals surface area contributed by atoms with Crippen molar-refractivity contribution in [3.63, 3.8) is 0 Å². The highest BCUT2D eigenvalue weighted by molar-refractivity contribution is 5.84. The number of benzene rings is 2. The average molecular weight is 479 g/mol. The van der Waals surface area contributed by atoms with Gasteiger partial charge in [-0.1, -0.05) is 61.4 Å². The number of carboxylic acids is 1. The molecule has 2 unspecified atom stereocenters. The Morgan fingerprint density at radius 3 is 2.20 bits per heavy atom. The Morgan fingerprint density at radius 1 is 1.00 bits per heavy atom. The molecule has 2 aliphatic rings. The topological polar surface area (TPSA) is 95.9 Å². The molecular formula is C28H34N2O5. The Hall–Kier alpha value is -3.35. The fourth-order valence-corrected chi connectivity index (χ4v) is 5.51. The van der Waals surface area contributed by atoms with Crippen molar-refractivity contribution in [3.05, 3.63) is 59.7 Å². The molecule has 2 atom stereocenters. The standard InChI is InChI=1S/C28H34N2O5/c1-18(2)30(16-26(31)32)27(33)20-10-4-3-9-19(20)15-29-28(34)35-17-25-23-13-7-5-11-21(23)22-12-6-8-14-24(22)25/h5-8,11-14,18-20,25H,3-4,9-10,15-17H2,1-2H3,(H,29,34)(H,31,32). The first-order valence-electron chi connectivity index (χ1n) is 12.5. The minimum Gasteiger partial charge on any atom is -0.480 e. The summed E-state index contributed by atoms with van der Waals surface area (Å²) in [7, 11) is 0. The number of carbonyl (C=O) groups is 3. The minimum absolute atomic E-state index is 0.00669. The molecule has 0 radical (unpaired) electrons. The lowest BCUT2D eigenvalue weighted by Crippen LogP contribution is -2.48. The van der Waals surface area contributed by atoms with E-state index in [1.165, 1.54) is 16.0 Å². The number of alkyl carbamates (subject to hydrolysis) is 1. The molecular weight excluding hydrogens is 444 g/mol. The van der Waals surface area contributed by atoms with Crippen molar-refractivity contribution in [2.24, 2.45) is 11.8 Å². The van der Waals surface area contributed by atoms with Gasteiger partial charge in [0.05, 0.1) is 0 Å². The third-order valence-electron chi connectivity index (χ3n) is 7.29.